The molecule has 2 aromatic heterocycles. The molecule has 0 aliphatic rings. The molecule has 2 rings (SSSR count). The molecule has 0 atom stereocenters. The van der Waals surface area contributed by atoms with E-state index in [4.69, 9.17) is 0 Å². The van der Waals surface area contributed by atoms with Crippen LogP contribution >= 0.6 is 15.9 Å². The normalized spacial score (nSPS) is 11.4. The molecule has 0 bridgehead atoms. The second kappa shape index (κ2) is 3.06. The number of rotatable bonds is 1. The van der Waals surface area contributed by atoms with Gasteiger partial charge in [0, 0.05) is 6.04 Å². The van der Waals surface area contributed by atoms with Gasteiger partial charge >= 0.3 is 0 Å². The maximum absolute atomic E-state index is 4.31. The van der Waals surface area contributed by atoms with Crippen LogP contribution in [0.1, 0.15) is 19.9 Å². The third kappa shape index (κ3) is 1.44. The molecule has 0 spiro atoms. The van der Waals surface area contributed by atoms with Gasteiger partial charge in [-0.15, -0.1) is 0 Å². The third-order valence-corrected chi connectivity index (χ3v) is 2.19. The Morgan fingerprint density at radius 3 is 2.85 bits per heavy atom. The minimum Gasteiger partial charge on any atom is -0.311 e. The van der Waals surface area contributed by atoms with Gasteiger partial charge in [0.2, 0.25) is 0 Å². The SMILES string of the molecule is CC(C)n1cnc2ncc(Br)nc21. The Morgan fingerprint density at radius 1 is 1.38 bits per heavy atom. The summed E-state index contributed by atoms with van der Waals surface area (Å²) in [6.07, 6.45) is 3.42. The fourth-order valence-electron chi connectivity index (χ4n) is 1.17. The largest absolute Gasteiger partial charge is 0.311 e. The Morgan fingerprint density at radius 2 is 2.15 bits per heavy atom. The van der Waals surface area contributed by atoms with Gasteiger partial charge < -0.3 is 4.57 Å². The van der Waals surface area contributed by atoms with Crippen molar-refractivity contribution >= 4 is 27.2 Å². The minimum atomic E-state index is 0.355. The highest BCUT2D eigenvalue weighted by atomic mass is 79.9. The number of aromatic nitrogens is 4. The maximum atomic E-state index is 4.31. The highest BCUT2D eigenvalue weighted by molar-refractivity contribution is 9.10. The van der Waals surface area contributed by atoms with Gasteiger partial charge in [0.25, 0.3) is 0 Å². The molecule has 2 aromatic rings. The molecule has 0 radical (unpaired) electrons. The van der Waals surface area contributed by atoms with E-state index in [9.17, 15) is 0 Å². The van der Waals surface area contributed by atoms with Crippen molar-refractivity contribution in [3.05, 3.63) is 17.1 Å². The molecule has 0 fully saturated rings. The van der Waals surface area contributed by atoms with Gasteiger partial charge in [-0.1, -0.05) is 0 Å². The number of hydrogen-bond donors (Lipinski definition) is 0. The van der Waals surface area contributed by atoms with Crippen LogP contribution < -0.4 is 0 Å². The molecule has 0 aromatic carbocycles. The van der Waals surface area contributed by atoms with Gasteiger partial charge in [-0.3, -0.25) is 0 Å². The Hall–Kier alpha value is -0.970. The molecule has 0 amide bonds. The van der Waals surface area contributed by atoms with Gasteiger partial charge in [-0.25, -0.2) is 15.0 Å². The van der Waals surface area contributed by atoms with Crippen LogP contribution in [0.4, 0.5) is 0 Å². The van der Waals surface area contributed by atoms with E-state index in [-0.39, 0.29) is 0 Å². The second-order valence-electron chi connectivity index (χ2n) is 3.09. The van der Waals surface area contributed by atoms with Crippen LogP contribution in [-0.2, 0) is 0 Å². The highest BCUT2D eigenvalue weighted by Crippen LogP contribution is 2.15. The van der Waals surface area contributed by atoms with Gasteiger partial charge in [0.1, 0.15) is 4.60 Å². The van der Waals surface area contributed by atoms with E-state index in [0.29, 0.717) is 11.7 Å². The summed E-state index contributed by atoms with van der Waals surface area (Å²) in [6, 6.07) is 0.355. The smallest absolute Gasteiger partial charge is 0.197 e. The summed E-state index contributed by atoms with van der Waals surface area (Å²) < 4.78 is 2.73. The van der Waals surface area contributed by atoms with Gasteiger partial charge in [0.15, 0.2) is 11.3 Å². The number of nitrogens with zero attached hydrogens (tertiary/aromatic N) is 4. The first kappa shape index (κ1) is 8.62. The van der Waals surface area contributed by atoms with Crippen molar-refractivity contribution < 1.29 is 0 Å². The summed E-state index contributed by atoms with van der Waals surface area (Å²) in [5.41, 5.74) is 1.52. The Kier molecular flexibility index (Phi) is 2.03. The first-order valence-corrected chi connectivity index (χ1v) is 4.83. The summed E-state index contributed by atoms with van der Waals surface area (Å²) in [5, 5.41) is 0. The molecule has 0 unspecified atom stereocenters. The zero-order chi connectivity index (χ0) is 9.42. The second-order valence-corrected chi connectivity index (χ2v) is 3.90. The van der Waals surface area contributed by atoms with Crippen molar-refractivity contribution in [2.75, 3.05) is 0 Å². The lowest BCUT2D eigenvalue weighted by molar-refractivity contribution is 0.612. The molecule has 4 nitrogen and oxygen atoms in total. The van der Waals surface area contributed by atoms with Gasteiger partial charge in [-0.2, -0.15) is 0 Å². The summed E-state index contributed by atoms with van der Waals surface area (Å²) >= 11 is 3.29. The van der Waals surface area contributed by atoms with Crippen LogP contribution in [-0.4, -0.2) is 19.5 Å². The molecule has 5 heteroatoms. The van der Waals surface area contributed by atoms with E-state index >= 15 is 0 Å². The summed E-state index contributed by atoms with van der Waals surface area (Å²) in [4.78, 5) is 12.6. The monoisotopic (exact) mass is 240 g/mol. The van der Waals surface area contributed by atoms with Crippen molar-refractivity contribution in [2.24, 2.45) is 0 Å². The zero-order valence-corrected chi connectivity index (χ0v) is 8.98. The van der Waals surface area contributed by atoms with Crippen molar-refractivity contribution in [3.8, 4) is 0 Å². The molecule has 0 saturated carbocycles. The van der Waals surface area contributed by atoms with Gasteiger partial charge in [-0.05, 0) is 29.8 Å². The molecule has 2 heterocycles. The molecule has 0 aliphatic heterocycles. The average molecular weight is 241 g/mol. The molecule has 68 valence electrons. The van der Waals surface area contributed by atoms with Crippen LogP contribution in [0.2, 0.25) is 0 Å². The van der Waals surface area contributed by atoms with Crippen LogP contribution in [0.5, 0.6) is 0 Å². The lowest BCUT2D eigenvalue weighted by Gasteiger charge is -2.05. The third-order valence-electron chi connectivity index (χ3n) is 1.81. The zero-order valence-electron chi connectivity index (χ0n) is 7.40. The number of halogens is 1. The molecular weight excluding hydrogens is 232 g/mol. The van der Waals surface area contributed by atoms with E-state index in [1.165, 1.54) is 0 Å². The number of hydrogen-bond acceptors (Lipinski definition) is 3. The number of imidazole rings is 1. The fourth-order valence-corrected chi connectivity index (χ4v) is 1.44. The molecule has 13 heavy (non-hydrogen) atoms. The van der Waals surface area contributed by atoms with E-state index in [0.717, 1.165) is 10.3 Å². The Bertz CT molecular complexity index is 435. The standard InChI is InChI=1S/C8H9BrN4/c1-5(2)13-4-11-7-8(13)12-6(9)3-10-7/h3-5H,1-2H3. The maximum Gasteiger partial charge on any atom is 0.197 e. The van der Waals surface area contributed by atoms with Crippen molar-refractivity contribution in [3.63, 3.8) is 0 Å². The fraction of sp³-hybridized carbons (Fsp3) is 0.375. The van der Waals surface area contributed by atoms with Crippen molar-refractivity contribution in [1.29, 1.82) is 0 Å². The molecule has 0 N–H and O–H groups in total. The van der Waals surface area contributed by atoms with Crippen LogP contribution in [0, 0.1) is 0 Å². The van der Waals surface area contributed by atoms with E-state index in [1.807, 2.05) is 4.57 Å². The lowest BCUT2D eigenvalue weighted by atomic mass is 10.4. The Balaban J connectivity index is 2.71. The molecule has 0 aliphatic carbocycles. The summed E-state index contributed by atoms with van der Waals surface area (Å²) in [7, 11) is 0. The first-order chi connectivity index (χ1) is 6.18. The quantitative estimate of drug-likeness (QED) is 0.768. The van der Waals surface area contributed by atoms with Crippen LogP contribution in [0.25, 0.3) is 11.3 Å². The molecule has 0 saturated heterocycles. The van der Waals surface area contributed by atoms with Crippen LogP contribution in [0.3, 0.4) is 0 Å². The predicted molar refractivity (Wildman–Crippen MR) is 53.4 cm³/mol. The first-order valence-electron chi connectivity index (χ1n) is 4.03. The predicted octanol–water partition coefficient (Wildman–Crippen LogP) is 2.17. The summed E-state index contributed by atoms with van der Waals surface area (Å²) in [5.74, 6) is 0. The highest BCUT2D eigenvalue weighted by Gasteiger charge is 2.07. The van der Waals surface area contributed by atoms with Crippen molar-refractivity contribution in [2.45, 2.75) is 19.9 Å². The van der Waals surface area contributed by atoms with Gasteiger partial charge in [0.05, 0.1) is 12.5 Å². The van der Waals surface area contributed by atoms with E-state index < -0.39 is 0 Å². The summed E-state index contributed by atoms with van der Waals surface area (Å²) in [6.45, 7) is 4.17. The lowest BCUT2D eigenvalue weighted by Crippen LogP contribution is -1.99. The van der Waals surface area contributed by atoms with Crippen molar-refractivity contribution in [1.82, 2.24) is 19.5 Å². The van der Waals surface area contributed by atoms with E-state index in [1.54, 1.807) is 12.5 Å². The topological polar surface area (TPSA) is 43.6 Å². The van der Waals surface area contributed by atoms with E-state index in [2.05, 4.69) is 44.7 Å². The minimum absolute atomic E-state index is 0.355. The van der Waals surface area contributed by atoms with Crippen LogP contribution in [0.15, 0.2) is 17.1 Å². The Labute approximate surface area is 84.2 Å². The number of fused-ring (bicyclic) bond motifs is 1. The molecular formula is C8H9BrN4. The average Bonchev–Trinajstić information content (AvgIpc) is 2.46.